The third kappa shape index (κ3) is 3.52. The van der Waals surface area contributed by atoms with Crippen LogP contribution in [-0.2, 0) is 9.59 Å². The number of nitrogens with one attached hydrogen (secondary N) is 2. The summed E-state index contributed by atoms with van der Waals surface area (Å²) in [6.07, 6.45) is 0.156. The number of para-hydroxylation sites is 2. The smallest absolute Gasteiger partial charge is 0.253 e. The molecule has 6 nitrogen and oxygen atoms in total. The first-order valence-electron chi connectivity index (χ1n) is 8.07. The molecule has 0 saturated carbocycles. The van der Waals surface area contributed by atoms with E-state index < -0.39 is 5.92 Å². The lowest BCUT2D eigenvalue weighted by molar-refractivity contribution is -0.122. The normalized spacial score (nSPS) is 16.6. The van der Waals surface area contributed by atoms with E-state index in [9.17, 15) is 14.4 Å². The van der Waals surface area contributed by atoms with Crippen LogP contribution in [0.4, 0.5) is 11.4 Å². The molecule has 6 heteroatoms. The number of rotatable bonds is 4. The van der Waals surface area contributed by atoms with Crippen LogP contribution in [-0.4, -0.2) is 31.3 Å². The monoisotopic (exact) mass is 337 g/mol. The molecule has 2 aromatic rings. The van der Waals surface area contributed by atoms with Gasteiger partial charge in [0.2, 0.25) is 11.8 Å². The number of benzene rings is 2. The minimum atomic E-state index is -0.453. The summed E-state index contributed by atoms with van der Waals surface area (Å²) in [5.41, 5.74) is 1.62. The minimum absolute atomic E-state index is 0.0778. The van der Waals surface area contributed by atoms with Crippen LogP contribution in [0.25, 0.3) is 0 Å². The predicted octanol–water partition coefficient (Wildman–Crippen LogP) is 2.04. The molecule has 128 valence electrons. The summed E-state index contributed by atoms with van der Waals surface area (Å²) in [4.78, 5) is 38.3. The topological polar surface area (TPSA) is 78.5 Å². The fourth-order valence-electron chi connectivity index (χ4n) is 2.90. The van der Waals surface area contributed by atoms with Crippen LogP contribution in [0.1, 0.15) is 16.8 Å². The van der Waals surface area contributed by atoms with Gasteiger partial charge in [0, 0.05) is 25.7 Å². The second-order valence-corrected chi connectivity index (χ2v) is 5.85. The van der Waals surface area contributed by atoms with Crippen molar-refractivity contribution in [3.63, 3.8) is 0 Å². The van der Waals surface area contributed by atoms with Crippen LogP contribution in [0, 0.1) is 5.92 Å². The molecular weight excluding hydrogens is 318 g/mol. The number of hydrogen-bond acceptors (Lipinski definition) is 3. The minimum Gasteiger partial charge on any atom is -0.355 e. The first kappa shape index (κ1) is 16.7. The second kappa shape index (κ2) is 7.17. The molecule has 25 heavy (non-hydrogen) atoms. The van der Waals surface area contributed by atoms with Crippen molar-refractivity contribution in [2.75, 3.05) is 23.8 Å². The molecule has 0 aliphatic carbocycles. The van der Waals surface area contributed by atoms with Gasteiger partial charge in [0.05, 0.1) is 17.2 Å². The summed E-state index contributed by atoms with van der Waals surface area (Å²) in [5, 5.41) is 5.33. The lowest BCUT2D eigenvalue weighted by Crippen LogP contribution is -2.29. The molecule has 0 bridgehead atoms. The summed E-state index contributed by atoms with van der Waals surface area (Å²) < 4.78 is 0. The van der Waals surface area contributed by atoms with Crippen molar-refractivity contribution in [3.8, 4) is 0 Å². The van der Waals surface area contributed by atoms with Crippen molar-refractivity contribution in [2.45, 2.75) is 6.42 Å². The third-order valence-electron chi connectivity index (χ3n) is 4.22. The number of nitrogens with zero attached hydrogens (tertiary/aromatic N) is 1. The first-order valence-corrected chi connectivity index (χ1v) is 8.07. The zero-order chi connectivity index (χ0) is 17.8. The van der Waals surface area contributed by atoms with Crippen LogP contribution in [0.5, 0.6) is 0 Å². The van der Waals surface area contributed by atoms with Gasteiger partial charge >= 0.3 is 0 Å². The Hall–Kier alpha value is -3.15. The van der Waals surface area contributed by atoms with E-state index in [1.165, 1.54) is 7.05 Å². The maximum Gasteiger partial charge on any atom is 0.253 e. The van der Waals surface area contributed by atoms with Crippen LogP contribution in [0.3, 0.4) is 0 Å². The van der Waals surface area contributed by atoms with Crippen LogP contribution >= 0.6 is 0 Å². The third-order valence-corrected chi connectivity index (χ3v) is 4.22. The fraction of sp³-hybridized carbons (Fsp3) is 0.211. The molecule has 0 aromatic heterocycles. The zero-order valence-electron chi connectivity index (χ0n) is 13.9. The van der Waals surface area contributed by atoms with E-state index in [0.717, 1.165) is 5.69 Å². The average Bonchev–Trinajstić information content (AvgIpc) is 3.04. The van der Waals surface area contributed by atoms with Crippen molar-refractivity contribution in [1.82, 2.24) is 5.32 Å². The van der Waals surface area contributed by atoms with Crippen LogP contribution in [0.2, 0.25) is 0 Å². The van der Waals surface area contributed by atoms with Gasteiger partial charge in [-0.2, -0.15) is 0 Å². The Labute approximate surface area is 145 Å². The van der Waals surface area contributed by atoms with Gasteiger partial charge in [0.1, 0.15) is 0 Å². The van der Waals surface area contributed by atoms with Crippen molar-refractivity contribution in [3.05, 3.63) is 60.2 Å². The van der Waals surface area contributed by atoms with E-state index in [-0.39, 0.29) is 24.1 Å². The highest BCUT2D eigenvalue weighted by molar-refractivity contribution is 6.07. The molecule has 1 fully saturated rings. The lowest BCUT2D eigenvalue weighted by Gasteiger charge is -2.17. The van der Waals surface area contributed by atoms with E-state index in [0.29, 0.717) is 17.8 Å². The Balaban J connectivity index is 1.73. The Kier molecular flexibility index (Phi) is 4.79. The molecular formula is C19H19N3O3. The van der Waals surface area contributed by atoms with E-state index in [2.05, 4.69) is 10.6 Å². The summed E-state index contributed by atoms with van der Waals surface area (Å²) in [5.74, 6) is -1.07. The standard InChI is InChI=1S/C19H19N3O3/c1-20-19(25)15-9-5-6-10-16(15)21-18(24)13-11-17(23)22(12-13)14-7-3-2-4-8-14/h2-10,13H,11-12H2,1H3,(H,20,25)(H,21,24). The molecule has 1 saturated heterocycles. The molecule has 0 radical (unpaired) electrons. The van der Waals surface area contributed by atoms with Crippen LogP contribution < -0.4 is 15.5 Å². The van der Waals surface area contributed by atoms with Gasteiger partial charge < -0.3 is 15.5 Å². The van der Waals surface area contributed by atoms with Crippen molar-refractivity contribution in [2.24, 2.45) is 5.92 Å². The summed E-state index contributed by atoms with van der Waals surface area (Å²) in [6.45, 7) is 0.330. The van der Waals surface area contributed by atoms with Gasteiger partial charge in [-0.3, -0.25) is 14.4 Å². The van der Waals surface area contributed by atoms with Gasteiger partial charge in [-0.25, -0.2) is 0 Å². The molecule has 2 N–H and O–H groups in total. The largest absolute Gasteiger partial charge is 0.355 e. The van der Waals surface area contributed by atoms with Crippen molar-refractivity contribution < 1.29 is 14.4 Å². The first-order chi connectivity index (χ1) is 12.1. The molecule has 2 aromatic carbocycles. The number of amides is 3. The number of carbonyl (C=O) groups is 3. The highest BCUT2D eigenvalue weighted by Gasteiger charge is 2.35. The Bertz CT molecular complexity index is 805. The second-order valence-electron chi connectivity index (χ2n) is 5.85. The Morgan fingerprint density at radius 1 is 1.04 bits per heavy atom. The summed E-state index contributed by atoms with van der Waals surface area (Å²) in [6, 6.07) is 16.1. The summed E-state index contributed by atoms with van der Waals surface area (Å²) in [7, 11) is 1.54. The Morgan fingerprint density at radius 2 is 1.72 bits per heavy atom. The quantitative estimate of drug-likeness (QED) is 0.896. The molecule has 0 spiro atoms. The molecule has 1 aliphatic rings. The van der Waals surface area contributed by atoms with E-state index in [4.69, 9.17) is 0 Å². The highest BCUT2D eigenvalue weighted by Crippen LogP contribution is 2.26. The number of carbonyl (C=O) groups excluding carboxylic acids is 3. The van der Waals surface area contributed by atoms with Gasteiger partial charge in [-0.05, 0) is 24.3 Å². The number of hydrogen-bond donors (Lipinski definition) is 2. The molecule has 3 rings (SSSR count). The average molecular weight is 337 g/mol. The number of anilines is 2. The predicted molar refractivity (Wildman–Crippen MR) is 95.4 cm³/mol. The lowest BCUT2D eigenvalue weighted by atomic mass is 10.1. The van der Waals surface area contributed by atoms with Gasteiger partial charge in [0.15, 0.2) is 0 Å². The van der Waals surface area contributed by atoms with Crippen molar-refractivity contribution >= 4 is 29.1 Å². The van der Waals surface area contributed by atoms with Crippen LogP contribution in [0.15, 0.2) is 54.6 Å². The highest BCUT2D eigenvalue weighted by atomic mass is 16.2. The summed E-state index contributed by atoms with van der Waals surface area (Å²) >= 11 is 0. The maximum absolute atomic E-state index is 12.6. The maximum atomic E-state index is 12.6. The SMILES string of the molecule is CNC(=O)c1ccccc1NC(=O)C1CC(=O)N(c2ccccc2)C1. The molecule has 1 unspecified atom stereocenters. The zero-order valence-corrected chi connectivity index (χ0v) is 13.9. The van der Waals surface area contributed by atoms with Gasteiger partial charge in [-0.15, -0.1) is 0 Å². The van der Waals surface area contributed by atoms with Crippen molar-refractivity contribution in [1.29, 1.82) is 0 Å². The van der Waals surface area contributed by atoms with E-state index >= 15 is 0 Å². The molecule has 1 heterocycles. The fourth-order valence-corrected chi connectivity index (χ4v) is 2.90. The molecule has 1 aliphatic heterocycles. The molecule has 3 amide bonds. The molecule has 1 atom stereocenters. The van der Waals surface area contributed by atoms with E-state index in [1.807, 2.05) is 30.3 Å². The van der Waals surface area contributed by atoms with E-state index in [1.54, 1.807) is 29.2 Å². The van der Waals surface area contributed by atoms with Gasteiger partial charge in [0.25, 0.3) is 5.91 Å². The van der Waals surface area contributed by atoms with Gasteiger partial charge in [-0.1, -0.05) is 30.3 Å². The Morgan fingerprint density at radius 3 is 2.44 bits per heavy atom.